The number of rotatable bonds is 0. The molecule has 2 unspecified atom stereocenters. The van der Waals surface area contributed by atoms with E-state index in [1.165, 1.54) is 0 Å². The molecule has 1 aliphatic rings. The van der Waals surface area contributed by atoms with E-state index in [1.54, 1.807) is 26.8 Å². The number of carbonyl (C=O) groups excluding carboxylic acids is 2. The molecule has 136 valence electrons. The topological polar surface area (TPSA) is 104 Å². The van der Waals surface area contributed by atoms with Gasteiger partial charge in [0.2, 0.25) is 0 Å². The van der Waals surface area contributed by atoms with E-state index >= 15 is 0 Å². The second-order valence-corrected chi connectivity index (χ2v) is 6.88. The molecule has 3 N–H and O–H groups in total. The fourth-order valence-corrected chi connectivity index (χ4v) is 2.90. The van der Waals surface area contributed by atoms with Gasteiger partial charge in [-0.2, -0.15) is 0 Å². The number of hydrogen-bond donors (Lipinski definition) is 3. The predicted octanol–water partition coefficient (Wildman–Crippen LogP) is 2.90. The lowest BCUT2D eigenvalue weighted by Gasteiger charge is -2.30. The molecule has 0 radical (unpaired) electrons. The molecule has 2 atom stereocenters. The summed E-state index contributed by atoms with van der Waals surface area (Å²) in [5, 5.41) is 30.2. The Bertz CT molecular complexity index is 750. The number of cyclic esters (lactones) is 1. The van der Waals surface area contributed by atoms with Crippen LogP contribution in [-0.2, 0) is 16.0 Å². The second-order valence-electron chi connectivity index (χ2n) is 6.50. The Kier molecular flexibility index (Phi) is 5.44. The van der Waals surface area contributed by atoms with E-state index < -0.39 is 41.4 Å². The van der Waals surface area contributed by atoms with Crippen LogP contribution in [-0.4, -0.2) is 38.8 Å². The van der Waals surface area contributed by atoms with Gasteiger partial charge in [-0.05, 0) is 39.2 Å². The number of carbonyl (C=O) groups is 2. The Labute approximate surface area is 150 Å². The molecule has 1 aromatic carbocycles. The van der Waals surface area contributed by atoms with Gasteiger partial charge in [-0.3, -0.25) is 9.59 Å². The Balaban J connectivity index is 2.61. The Hall–Kier alpha value is -2.05. The minimum absolute atomic E-state index is 0.00525. The summed E-state index contributed by atoms with van der Waals surface area (Å²) >= 11 is 6.06. The maximum absolute atomic E-state index is 12.7. The van der Waals surface area contributed by atoms with Crippen molar-refractivity contribution in [2.24, 2.45) is 0 Å². The van der Waals surface area contributed by atoms with Crippen LogP contribution in [0.5, 0.6) is 11.5 Å². The van der Waals surface area contributed by atoms with Gasteiger partial charge in [0.15, 0.2) is 5.78 Å². The van der Waals surface area contributed by atoms with Gasteiger partial charge < -0.3 is 20.1 Å². The number of benzene rings is 1. The van der Waals surface area contributed by atoms with Crippen molar-refractivity contribution in [2.75, 3.05) is 0 Å². The summed E-state index contributed by atoms with van der Waals surface area (Å²) in [4.78, 5) is 24.9. The number of esters is 1. The molecule has 25 heavy (non-hydrogen) atoms. The monoisotopic (exact) mass is 368 g/mol. The number of fused-ring (bicyclic) bond motifs is 1. The largest absolute Gasteiger partial charge is 0.507 e. The van der Waals surface area contributed by atoms with E-state index in [4.69, 9.17) is 16.3 Å². The van der Waals surface area contributed by atoms with Crippen molar-refractivity contribution in [3.05, 3.63) is 33.9 Å². The van der Waals surface area contributed by atoms with Crippen molar-refractivity contribution in [1.82, 2.24) is 0 Å². The first-order valence-corrected chi connectivity index (χ1v) is 8.29. The van der Waals surface area contributed by atoms with Gasteiger partial charge in [0.05, 0.1) is 22.6 Å². The SMILES string of the molecule is C/C1=C/CCC(C)(O)C(C)OC(=O)Cc2c(Cl)c(O)cc(O)c2C1=O. The van der Waals surface area contributed by atoms with E-state index in [9.17, 15) is 24.9 Å². The normalized spacial score (nSPS) is 27.4. The van der Waals surface area contributed by atoms with Crippen LogP contribution < -0.4 is 0 Å². The lowest BCUT2D eigenvalue weighted by molar-refractivity contribution is -0.161. The third kappa shape index (κ3) is 3.96. The number of allylic oxidation sites excluding steroid dienone is 2. The van der Waals surface area contributed by atoms with Crippen LogP contribution >= 0.6 is 11.6 Å². The molecule has 1 aromatic rings. The zero-order valence-electron chi connectivity index (χ0n) is 14.3. The molecule has 7 heteroatoms. The maximum Gasteiger partial charge on any atom is 0.310 e. The Morgan fingerprint density at radius 1 is 1.28 bits per heavy atom. The number of aromatic hydroxyl groups is 2. The summed E-state index contributed by atoms with van der Waals surface area (Å²) in [7, 11) is 0. The smallest absolute Gasteiger partial charge is 0.310 e. The highest BCUT2D eigenvalue weighted by molar-refractivity contribution is 6.34. The van der Waals surface area contributed by atoms with Crippen molar-refractivity contribution in [3.63, 3.8) is 0 Å². The van der Waals surface area contributed by atoms with E-state index in [0.29, 0.717) is 18.4 Å². The molecule has 0 aromatic heterocycles. The fraction of sp³-hybridized carbons (Fsp3) is 0.444. The molecule has 2 rings (SSSR count). The maximum atomic E-state index is 12.7. The molecule has 1 aliphatic heterocycles. The van der Waals surface area contributed by atoms with Crippen molar-refractivity contribution in [3.8, 4) is 11.5 Å². The van der Waals surface area contributed by atoms with Crippen LogP contribution in [0.2, 0.25) is 5.02 Å². The molecule has 0 aliphatic carbocycles. The number of aliphatic hydroxyl groups is 1. The molecule has 0 fully saturated rings. The summed E-state index contributed by atoms with van der Waals surface area (Å²) in [6.45, 7) is 4.71. The lowest BCUT2D eigenvalue weighted by atomic mass is 9.91. The number of Topliss-reactive ketones (excluding diaryl/α,β-unsaturated/α-hetero) is 1. The van der Waals surface area contributed by atoms with Crippen LogP contribution in [0.25, 0.3) is 0 Å². The first-order valence-electron chi connectivity index (χ1n) is 7.91. The zero-order chi connectivity index (χ0) is 18.9. The van der Waals surface area contributed by atoms with Gasteiger partial charge in [-0.15, -0.1) is 0 Å². The van der Waals surface area contributed by atoms with Gasteiger partial charge in [-0.1, -0.05) is 17.7 Å². The Morgan fingerprint density at radius 2 is 1.92 bits per heavy atom. The van der Waals surface area contributed by atoms with Crippen molar-refractivity contribution in [1.29, 1.82) is 0 Å². The van der Waals surface area contributed by atoms with Gasteiger partial charge in [-0.25, -0.2) is 0 Å². The molecule has 0 saturated heterocycles. The summed E-state index contributed by atoms with van der Waals surface area (Å²) in [5.74, 6) is -2.13. The standard InChI is InChI=1S/C18H21ClO6/c1-9-5-4-6-18(3,24)10(2)25-14(22)7-11-15(17(9)23)12(20)8-13(21)16(11)19/h5,8,10,20-21,24H,4,6-7H2,1-3H3/b9-5-. The summed E-state index contributed by atoms with van der Waals surface area (Å²) in [6, 6.07) is 0.969. The first kappa shape index (κ1) is 19.3. The van der Waals surface area contributed by atoms with E-state index in [2.05, 4.69) is 0 Å². The number of ketones is 1. The van der Waals surface area contributed by atoms with Crippen LogP contribution in [0.4, 0.5) is 0 Å². The van der Waals surface area contributed by atoms with Gasteiger partial charge in [0.1, 0.15) is 17.6 Å². The zero-order valence-corrected chi connectivity index (χ0v) is 15.1. The van der Waals surface area contributed by atoms with E-state index in [1.807, 2.05) is 0 Å². The molecule has 0 saturated carbocycles. The number of phenolic OH excluding ortho intramolecular Hbond substituents is 2. The molecule has 0 spiro atoms. The van der Waals surface area contributed by atoms with Gasteiger partial charge >= 0.3 is 5.97 Å². The molecule has 0 amide bonds. The lowest BCUT2D eigenvalue weighted by Crippen LogP contribution is -2.40. The number of phenols is 2. The van der Waals surface area contributed by atoms with Gasteiger partial charge in [0, 0.05) is 11.6 Å². The third-order valence-electron chi connectivity index (χ3n) is 4.51. The fourth-order valence-electron chi connectivity index (χ4n) is 2.69. The highest BCUT2D eigenvalue weighted by Crippen LogP contribution is 2.38. The number of halogens is 1. The predicted molar refractivity (Wildman–Crippen MR) is 92.0 cm³/mol. The third-order valence-corrected chi connectivity index (χ3v) is 4.93. The summed E-state index contributed by atoms with van der Waals surface area (Å²) in [6.07, 6.45) is 1.12. The minimum atomic E-state index is -1.26. The number of ether oxygens (including phenoxy) is 1. The van der Waals surface area contributed by atoms with E-state index in [-0.39, 0.29) is 16.1 Å². The average Bonchev–Trinajstić information content (AvgIpc) is 2.50. The van der Waals surface area contributed by atoms with Crippen LogP contribution in [0.15, 0.2) is 17.7 Å². The van der Waals surface area contributed by atoms with Gasteiger partial charge in [0.25, 0.3) is 0 Å². The van der Waals surface area contributed by atoms with Crippen molar-refractivity contribution in [2.45, 2.75) is 51.7 Å². The molecule has 6 nitrogen and oxygen atoms in total. The minimum Gasteiger partial charge on any atom is -0.507 e. The van der Waals surface area contributed by atoms with Crippen LogP contribution in [0.3, 0.4) is 0 Å². The van der Waals surface area contributed by atoms with Crippen molar-refractivity contribution >= 4 is 23.4 Å². The van der Waals surface area contributed by atoms with E-state index in [0.717, 1.165) is 6.07 Å². The van der Waals surface area contributed by atoms with Crippen molar-refractivity contribution < 1.29 is 29.6 Å². The summed E-state index contributed by atoms with van der Waals surface area (Å²) in [5.41, 5.74) is -1.05. The molecular formula is C18H21ClO6. The molecule has 0 bridgehead atoms. The quantitative estimate of drug-likeness (QED) is 0.608. The Morgan fingerprint density at radius 3 is 2.56 bits per heavy atom. The molecule has 1 heterocycles. The second kappa shape index (κ2) is 7.06. The average molecular weight is 369 g/mol. The molecular weight excluding hydrogens is 348 g/mol. The highest BCUT2D eigenvalue weighted by Gasteiger charge is 2.33. The number of hydrogen-bond acceptors (Lipinski definition) is 6. The summed E-state index contributed by atoms with van der Waals surface area (Å²) < 4.78 is 5.25. The first-order chi connectivity index (χ1) is 11.5. The van der Waals surface area contributed by atoms with Crippen LogP contribution in [0.1, 0.15) is 49.5 Å². The highest BCUT2D eigenvalue weighted by atomic mass is 35.5. The van der Waals surface area contributed by atoms with Crippen LogP contribution in [0, 0.1) is 0 Å².